The Morgan fingerprint density at radius 1 is 0.933 bits per heavy atom. The van der Waals surface area contributed by atoms with Crippen LogP contribution in [0.15, 0.2) is 0 Å². The second-order valence-electron chi connectivity index (χ2n) is 1.26. The van der Waals surface area contributed by atoms with Crippen molar-refractivity contribution in [1.82, 2.24) is 10.6 Å². The Morgan fingerprint density at radius 2 is 1.13 bits per heavy atom. The fraction of sp³-hybridized carbons (Fsp3) is 0.667. The molecule has 0 aromatic rings. The summed E-state index contributed by atoms with van der Waals surface area (Å²) in [5.74, 6) is 0. The van der Waals surface area contributed by atoms with Crippen molar-refractivity contribution in [1.29, 1.82) is 0 Å². The maximum absolute atomic E-state index is 9.17. The molecular formula is C9H23N2O2U2-. The molecule has 0 unspecified atom stereocenters. The molecule has 2 N–H and O–H groups in total. The fourth-order valence-corrected chi connectivity index (χ4v) is 0.144. The van der Waals surface area contributed by atoms with Gasteiger partial charge in [0.25, 0.3) is 0 Å². The predicted molar refractivity (Wildman–Crippen MR) is 58.6 cm³/mol. The molecule has 0 rings (SSSR count). The van der Waals surface area contributed by atoms with Crippen LogP contribution in [0.2, 0.25) is 0 Å². The Kier molecular flexibility index (Phi) is 177. The van der Waals surface area contributed by atoms with Crippen molar-refractivity contribution in [3.05, 3.63) is 7.43 Å². The SMILES string of the molecule is C.C.CCN[C-]=O.CCN[C-]=O.[CH3-].[U+2].[U]. The zero-order valence-corrected chi connectivity index (χ0v) is 16.6. The van der Waals surface area contributed by atoms with Gasteiger partial charge in [-0.05, 0) is 13.1 Å². The van der Waals surface area contributed by atoms with Gasteiger partial charge in [0.15, 0.2) is 0 Å². The van der Waals surface area contributed by atoms with E-state index in [1.807, 2.05) is 13.8 Å². The Morgan fingerprint density at radius 3 is 1.13 bits per heavy atom. The largest absolute Gasteiger partial charge is 2.00 e. The minimum Gasteiger partial charge on any atom is -0.530 e. The van der Waals surface area contributed by atoms with Crippen molar-refractivity contribution in [2.75, 3.05) is 13.1 Å². The van der Waals surface area contributed by atoms with Gasteiger partial charge in [-0.3, -0.25) is 0 Å². The molecule has 0 saturated heterocycles. The van der Waals surface area contributed by atoms with E-state index in [1.54, 1.807) is 0 Å². The first kappa shape index (κ1) is 44.4. The maximum Gasteiger partial charge on any atom is 2.00 e. The van der Waals surface area contributed by atoms with E-state index in [0.717, 1.165) is 0 Å². The number of amides is 2. The average Bonchev–Trinajstić information content (AvgIpc) is 1.93. The van der Waals surface area contributed by atoms with Crippen molar-refractivity contribution in [2.24, 2.45) is 0 Å². The van der Waals surface area contributed by atoms with Crippen LogP contribution in [0.3, 0.4) is 0 Å². The quantitative estimate of drug-likeness (QED) is 0.349. The van der Waals surface area contributed by atoms with Crippen LogP contribution >= 0.6 is 0 Å². The Labute approximate surface area is 143 Å². The van der Waals surface area contributed by atoms with E-state index in [9.17, 15) is 0 Å². The summed E-state index contributed by atoms with van der Waals surface area (Å²) >= 11 is 0. The van der Waals surface area contributed by atoms with Crippen molar-refractivity contribution in [2.45, 2.75) is 28.7 Å². The first-order valence-corrected chi connectivity index (χ1v) is 3.03. The summed E-state index contributed by atoms with van der Waals surface area (Å²) in [6.07, 6.45) is 3.03. The molecule has 4 nitrogen and oxygen atoms in total. The van der Waals surface area contributed by atoms with E-state index in [1.165, 1.54) is 12.8 Å². The maximum atomic E-state index is 9.17. The molecule has 0 radical (unpaired) electrons. The van der Waals surface area contributed by atoms with Gasteiger partial charge in [-0.2, -0.15) is 12.8 Å². The third kappa shape index (κ3) is 101. The second kappa shape index (κ2) is 59.8. The van der Waals surface area contributed by atoms with Crippen LogP contribution in [0.1, 0.15) is 28.7 Å². The summed E-state index contributed by atoms with van der Waals surface area (Å²) in [6, 6.07) is 0. The van der Waals surface area contributed by atoms with Crippen LogP contribution < -0.4 is 10.6 Å². The van der Waals surface area contributed by atoms with Crippen molar-refractivity contribution in [3.8, 4) is 0 Å². The zero-order chi connectivity index (χ0) is 8.24. The van der Waals surface area contributed by atoms with Gasteiger partial charge in [0.2, 0.25) is 0 Å². The summed E-state index contributed by atoms with van der Waals surface area (Å²) < 4.78 is 0. The molecule has 0 aliphatic rings. The van der Waals surface area contributed by atoms with Crippen LogP contribution in [-0.4, -0.2) is 25.9 Å². The monoisotopic (exact) mass is 667 g/mol. The molecule has 0 aromatic carbocycles. The smallest absolute Gasteiger partial charge is 0.530 e. The number of hydrogen-bond acceptors (Lipinski definition) is 2. The van der Waals surface area contributed by atoms with E-state index in [-0.39, 0.29) is 84.5 Å². The molecule has 0 heterocycles. The predicted octanol–water partition coefficient (Wildman–Crippen LogP) is 1.05. The van der Waals surface area contributed by atoms with Gasteiger partial charge in [0.05, 0.1) is 0 Å². The van der Waals surface area contributed by atoms with E-state index >= 15 is 0 Å². The number of rotatable bonds is 4. The Hall–Kier alpha value is 1.04. The molecule has 15 heavy (non-hydrogen) atoms. The van der Waals surface area contributed by atoms with E-state index in [0.29, 0.717) is 13.1 Å². The van der Waals surface area contributed by atoms with E-state index in [4.69, 9.17) is 9.59 Å². The summed E-state index contributed by atoms with van der Waals surface area (Å²) in [5.41, 5.74) is 0. The van der Waals surface area contributed by atoms with Crippen LogP contribution in [0.4, 0.5) is 0 Å². The Bertz CT molecular complexity index is 76.5. The third-order valence-electron chi connectivity index (χ3n) is 0.498. The molecule has 6 heteroatoms. The summed E-state index contributed by atoms with van der Waals surface area (Å²) in [7, 11) is 0. The molecule has 0 fully saturated rings. The molecule has 90 valence electrons. The van der Waals surface area contributed by atoms with Crippen LogP contribution in [0.25, 0.3) is 0 Å². The van der Waals surface area contributed by atoms with Crippen molar-refractivity contribution < 1.29 is 71.8 Å². The summed E-state index contributed by atoms with van der Waals surface area (Å²) in [5, 5.41) is 4.61. The standard InChI is InChI=1S/2C3H6NO.2CH4.CH3.2U/c2*1-2-4-3-5;;;;;/h2*2H2,1H3,(H,4,5);2*1H4;1H3;;/q2*-1;;;-1;;+2. The number of nitrogens with one attached hydrogen (secondary N) is 2. The van der Waals surface area contributed by atoms with Gasteiger partial charge in [-0.25, -0.2) is 0 Å². The van der Waals surface area contributed by atoms with Gasteiger partial charge >= 0.3 is 31.1 Å². The van der Waals surface area contributed by atoms with Crippen molar-refractivity contribution >= 4 is 12.8 Å². The molecule has 0 aromatic heterocycles. The molecule has 0 bridgehead atoms. The molecule has 0 spiro atoms. The average molecular weight is 667 g/mol. The molecule has 0 atom stereocenters. The first-order chi connectivity index (χ1) is 4.83. The first-order valence-electron chi connectivity index (χ1n) is 3.03. The van der Waals surface area contributed by atoms with Crippen LogP contribution in [0, 0.1) is 69.7 Å². The number of hydrogen-bond donors (Lipinski definition) is 2. The van der Waals surface area contributed by atoms with Gasteiger partial charge in [-0.15, -0.1) is 0 Å². The molecule has 0 aliphatic carbocycles. The van der Waals surface area contributed by atoms with Crippen molar-refractivity contribution in [3.63, 3.8) is 0 Å². The zero-order valence-electron chi connectivity index (χ0n) is 8.23. The minimum atomic E-state index is 0. The van der Waals surface area contributed by atoms with E-state index in [2.05, 4.69) is 10.6 Å². The molecular weight excluding hydrogens is 644 g/mol. The molecule has 2 amide bonds. The fourth-order valence-electron chi connectivity index (χ4n) is 0.144. The molecule has 0 aliphatic heterocycles. The number of carbonyl (C=O) groups excluding carboxylic acids is 2. The summed E-state index contributed by atoms with van der Waals surface area (Å²) in [4.78, 5) is 18.3. The third-order valence-corrected chi connectivity index (χ3v) is 0.498. The minimum absolute atomic E-state index is 0. The Balaban J connectivity index is -0.0000000128. The van der Waals surface area contributed by atoms with E-state index < -0.39 is 0 Å². The van der Waals surface area contributed by atoms with Gasteiger partial charge in [-0.1, -0.05) is 28.7 Å². The van der Waals surface area contributed by atoms with Crippen LogP contribution in [-0.2, 0) is 9.59 Å². The van der Waals surface area contributed by atoms with Crippen LogP contribution in [0.5, 0.6) is 0 Å². The molecule has 0 saturated carbocycles. The van der Waals surface area contributed by atoms with Gasteiger partial charge < -0.3 is 27.6 Å². The van der Waals surface area contributed by atoms with Gasteiger partial charge in [0, 0.05) is 31.1 Å². The normalized spacial score (nSPS) is 4.40. The topological polar surface area (TPSA) is 58.2 Å². The van der Waals surface area contributed by atoms with Gasteiger partial charge in [0.1, 0.15) is 0 Å². The second-order valence-corrected chi connectivity index (χ2v) is 1.26. The summed E-state index contributed by atoms with van der Waals surface area (Å²) in [6.45, 7) is 5.02.